The van der Waals surface area contributed by atoms with E-state index in [2.05, 4.69) is 26.6 Å². The second-order valence-corrected chi connectivity index (χ2v) is 10.3. The first-order valence-corrected chi connectivity index (χ1v) is 11.4. The largest absolute Gasteiger partial charge is 0.370 e. The van der Waals surface area contributed by atoms with Crippen LogP contribution in [0, 0.1) is 6.92 Å². The fraction of sp³-hybridized carbons (Fsp3) is 0.381. The molecule has 2 aliphatic rings. The Hall–Kier alpha value is -2.27. The highest BCUT2D eigenvalue weighted by atomic mass is 79.9. The molecule has 2 aliphatic heterocycles. The van der Waals surface area contributed by atoms with E-state index in [0.717, 1.165) is 15.0 Å². The van der Waals surface area contributed by atoms with Crippen LogP contribution in [-0.4, -0.2) is 68.1 Å². The van der Waals surface area contributed by atoms with Crippen molar-refractivity contribution in [2.45, 2.75) is 12.5 Å². The molecule has 2 aromatic rings. The molecular weight excluding hydrogens is 484 g/mol. The maximum atomic E-state index is 13.1. The molecule has 2 N–H and O–H groups in total. The molecule has 3 heterocycles. The summed E-state index contributed by atoms with van der Waals surface area (Å²) in [5.41, 5.74) is 1.31. The van der Waals surface area contributed by atoms with Crippen molar-refractivity contribution in [3.05, 3.63) is 44.6 Å². The van der Waals surface area contributed by atoms with Crippen molar-refractivity contribution >= 4 is 56.4 Å². The maximum Gasteiger partial charge on any atom is 0.262 e. The van der Waals surface area contributed by atoms with Gasteiger partial charge >= 0.3 is 0 Å². The van der Waals surface area contributed by atoms with Crippen LogP contribution in [0.1, 0.15) is 15.2 Å². The third-order valence-electron chi connectivity index (χ3n) is 5.40. The lowest BCUT2D eigenvalue weighted by Gasteiger charge is -2.47. The summed E-state index contributed by atoms with van der Waals surface area (Å²) in [6.45, 7) is 3.84. The lowest BCUT2D eigenvalue weighted by atomic mass is 9.88. The Kier molecular flexibility index (Phi) is 6.16. The number of benzene rings is 1. The zero-order valence-electron chi connectivity index (χ0n) is 17.2. The predicted octanol–water partition coefficient (Wildman–Crippen LogP) is 2.23. The van der Waals surface area contributed by atoms with Gasteiger partial charge in [0, 0.05) is 31.0 Å². The van der Waals surface area contributed by atoms with E-state index in [1.165, 1.54) is 11.3 Å². The number of likely N-dealkylation sites (N-methyl/N-ethyl adjacent to an activating group) is 1. The topological polar surface area (TPSA) is 91.0 Å². The monoisotopic (exact) mass is 506 g/mol. The normalized spacial score (nSPS) is 18.4. The third-order valence-corrected chi connectivity index (χ3v) is 7.02. The summed E-state index contributed by atoms with van der Waals surface area (Å²) in [5, 5.41) is 5.86. The number of rotatable bonds is 5. The minimum absolute atomic E-state index is 0.0779. The number of halogens is 1. The second-order valence-electron chi connectivity index (χ2n) is 7.87. The summed E-state index contributed by atoms with van der Waals surface area (Å²) in [4.78, 5) is 42.2. The summed E-state index contributed by atoms with van der Waals surface area (Å²) in [6.07, 6.45) is 0. The summed E-state index contributed by atoms with van der Waals surface area (Å²) in [5.74, 6) is -0.606. The Morgan fingerprint density at radius 2 is 2.00 bits per heavy atom. The van der Waals surface area contributed by atoms with Gasteiger partial charge in [0.1, 0.15) is 12.1 Å². The number of ether oxygens (including phenoxy) is 1. The van der Waals surface area contributed by atoms with E-state index in [9.17, 15) is 14.4 Å². The standard InChI is InChI=1S/C21H23BrN4O4S/c1-13-9-14(3-4-15(13)26-7-8-30-10-18(26)27)23-20(29)21(11-25(2)12-21)24-19(28)16-5-6-17(22)31-16/h3-6,9H,7-8,10-12H2,1-2H3,(H,23,29)(H,24,28). The molecule has 0 aliphatic carbocycles. The lowest BCUT2D eigenvalue weighted by Crippen LogP contribution is -2.74. The van der Waals surface area contributed by atoms with Crippen LogP contribution < -0.4 is 15.5 Å². The predicted molar refractivity (Wildman–Crippen MR) is 123 cm³/mol. The van der Waals surface area contributed by atoms with Gasteiger partial charge in [-0.1, -0.05) is 0 Å². The molecule has 0 atom stereocenters. The van der Waals surface area contributed by atoms with E-state index in [1.54, 1.807) is 17.0 Å². The smallest absolute Gasteiger partial charge is 0.262 e. The fourth-order valence-electron chi connectivity index (χ4n) is 3.93. The van der Waals surface area contributed by atoms with Crippen molar-refractivity contribution in [1.82, 2.24) is 10.2 Å². The Balaban J connectivity index is 1.48. The minimum atomic E-state index is -0.991. The molecule has 8 nitrogen and oxygen atoms in total. The van der Waals surface area contributed by atoms with E-state index >= 15 is 0 Å². The molecule has 10 heteroatoms. The van der Waals surface area contributed by atoms with Gasteiger partial charge in [-0.15, -0.1) is 11.3 Å². The van der Waals surface area contributed by atoms with Gasteiger partial charge in [-0.3, -0.25) is 14.4 Å². The van der Waals surface area contributed by atoms with Crippen molar-refractivity contribution in [2.24, 2.45) is 0 Å². The molecule has 0 saturated carbocycles. The summed E-state index contributed by atoms with van der Waals surface area (Å²) < 4.78 is 6.05. The van der Waals surface area contributed by atoms with E-state index in [1.807, 2.05) is 37.1 Å². The van der Waals surface area contributed by atoms with E-state index in [0.29, 0.717) is 36.8 Å². The first-order valence-electron chi connectivity index (χ1n) is 9.84. The van der Waals surface area contributed by atoms with Crippen LogP contribution in [0.2, 0.25) is 0 Å². The molecule has 0 unspecified atom stereocenters. The molecule has 2 saturated heterocycles. The van der Waals surface area contributed by atoms with Gasteiger partial charge < -0.3 is 25.2 Å². The molecule has 1 aromatic heterocycles. The highest BCUT2D eigenvalue weighted by molar-refractivity contribution is 9.11. The van der Waals surface area contributed by atoms with Gasteiger partial charge in [0.15, 0.2) is 0 Å². The van der Waals surface area contributed by atoms with E-state index < -0.39 is 5.54 Å². The fourth-order valence-corrected chi connectivity index (χ4v) is 5.21. The number of nitrogens with zero attached hydrogens (tertiary/aromatic N) is 2. The number of morpholine rings is 1. The molecule has 1 aromatic carbocycles. The summed E-state index contributed by atoms with van der Waals surface area (Å²) in [7, 11) is 1.90. The van der Waals surface area contributed by atoms with Crippen LogP contribution >= 0.6 is 27.3 Å². The minimum Gasteiger partial charge on any atom is -0.370 e. The zero-order valence-corrected chi connectivity index (χ0v) is 19.6. The van der Waals surface area contributed by atoms with E-state index in [4.69, 9.17) is 4.74 Å². The van der Waals surface area contributed by atoms with Crippen molar-refractivity contribution in [3.8, 4) is 0 Å². The van der Waals surface area contributed by atoms with E-state index in [-0.39, 0.29) is 24.3 Å². The second kappa shape index (κ2) is 8.70. The first kappa shape index (κ1) is 21.9. The average Bonchev–Trinajstić information content (AvgIpc) is 3.14. The maximum absolute atomic E-state index is 13.1. The van der Waals surface area contributed by atoms with Crippen molar-refractivity contribution in [3.63, 3.8) is 0 Å². The number of likely N-dealkylation sites (tertiary alicyclic amines) is 1. The highest BCUT2D eigenvalue weighted by Gasteiger charge is 2.49. The number of thiophene rings is 1. The highest BCUT2D eigenvalue weighted by Crippen LogP contribution is 2.28. The number of hydrogen-bond acceptors (Lipinski definition) is 6. The van der Waals surface area contributed by atoms with Crippen molar-refractivity contribution in [2.75, 3.05) is 50.1 Å². The SMILES string of the molecule is Cc1cc(NC(=O)C2(NC(=O)c3ccc(Br)s3)CN(C)C2)ccc1N1CCOCC1=O. The Labute approximate surface area is 192 Å². The number of aryl methyl sites for hydroxylation is 1. The number of nitrogens with one attached hydrogen (secondary N) is 2. The van der Waals surface area contributed by atoms with Crippen molar-refractivity contribution in [1.29, 1.82) is 0 Å². The molecule has 31 heavy (non-hydrogen) atoms. The van der Waals surface area contributed by atoms with Gasteiger partial charge in [-0.2, -0.15) is 0 Å². The molecular formula is C21H23BrN4O4S. The van der Waals surface area contributed by atoms with Gasteiger partial charge in [0.05, 0.1) is 15.3 Å². The van der Waals surface area contributed by atoms with Gasteiger partial charge in [0.2, 0.25) is 0 Å². The molecule has 0 bridgehead atoms. The molecule has 0 spiro atoms. The quantitative estimate of drug-likeness (QED) is 0.648. The van der Waals surface area contributed by atoms with Gasteiger partial charge in [-0.25, -0.2) is 0 Å². The number of hydrogen-bond donors (Lipinski definition) is 2. The molecule has 2 fully saturated rings. The van der Waals surface area contributed by atoms with Crippen LogP contribution in [0.15, 0.2) is 34.1 Å². The molecule has 3 amide bonds. The van der Waals surface area contributed by atoms with Crippen LogP contribution in [0.4, 0.5) is 11.4 Å². The Bertz CT molecular complexity index is 1030. The van der Waals surface area contributed by atoms with Crippen LogP contribution in [0.3, 0.4) is 0 Å². The van der Waals surface area contributed by atoms with Crippen LogP contribution in [0.5, 0.6) is 0 Å². The number of amides is 3. The molecule has 0 radical (unpaired) electrons. The van der Waals surface area contributed by atoms with Gasteiger partial charge in [0.25, 0.3) is 17.7 Å². The first-order chi connectivity index (χ1) is 14.8. The Morgan fingerprint density at radius 1 is 1.23 bits per heavy atom. The van der Waals surface area contributed by atoms with Crippen molar-refractivity contribution < 1.29 is 19.1 Å². The summed E-state index contributed by atoms with van der Waals surface area (Å²) in [6, 6.07) is 8.98. The Morgan fingerprint density at radius 3 is 2.61 bits per heavy atom. The van der Waals surface area contributed by atoms with Gasteiger partial charge in [-0.05, 0) is 65.8 Å². The molecule has 164 valence electrons. The number of anilines is 2. The number of carbonyl (C=O) groups is 3. The number of carbonyl (C=O) groups excluding carboxylic acids is 3. The van der Waals surface area contributed by atoms with Crippen LogP contribution in [0.25, 0.3) is 0 Å². The zero-order chi connectivity index (χ0) is 22.2. The third kappa shape index (κ3) is 4.52. The van der Waals surface area contributed by atoms with Crippen LogP contribution in [-0.2, 0) is 14.3 Å². The summed E-state index contributed by atoms with van der Waals surface area (Å²) >= 11 is 4.68. The average molecular weight is 507 g/mol. The molecule has 4 rings (SSSR count). The lowest BCUT2D eigenvalue weighted by molar-refractivity contribution is -0.128.